The van der Waals surface area contributed by atoms with Crippen LogP contribution in [-0.2, 0) is 0 Å². The molecule has 0 aliphatic rings. The molecule has 5 nitrogen and oxygen atoms in total. The highest BCUT2D eigenvalue weighted by atomic mass is 19.1. The molecule has 0 amide bonds. The average Bonchev–Trinajstić information content (AvgIpc) is 2.42. The Balaban J connectivity index is 2.50. The first-order valence-corrected chi connectivity index (χ1v) is 5.38. The van der Waals surface area contributed by atoms with Crippen molar-refractivity contribution < 1.29 is 23.2 Å². The van der Waals surface area contributed by atoms with Crippen LogP contribution in [-0.4, -0.2) is 11.2 Å². The smallest absolute Gasteiger partial charge is 0.314 e. The summed E-state index contributed by atoms with van der Waals surface area (Å²) in [5.74, 6) is -2.44. The van der Waals surface area contributed by atoms with Crippen LogP contribution in [0.15, 0.2) is 36.4 Å². The van der Waals surface area contributed by atoms with Gasteiger partial charge < -0.3 is 4.74 Å². The molecule has 0 heterocycles. The van der Waals surface area contributed by atoms with Crippen LogP contribution in [0.2, 0.25) is 0 Å². The first-order chi connectivity index (χ1) is 9.52. The van der Waals surface area contributed by atoms with Crippen molar-refractivity contribution in [3.05, 3.63) is 63.7 Å². The zero-order chi connectivity index (χ0) is 14.7. The van der Waals surface area contributed by atoms with E-state index in [1.54, 1.807) is 0 Å². The van der Waals surface area contributed by atoms with Gasteiger partial charge in [0.1, 0.15) is 11.6 Å². The molecule has 0 N–H and O–H groups in total. The number of hydrogen-bond donors (Lipinski definition) is 0. The zero-order valence-corrected chi connectivity index (χ0v) is 9.88. The van der Waals surface area contributed by atoms with Gasteiger partial charge in [-0.3, -0.25) is 14.9 Å². The van der Waals surface area contributed by atoms with Crippen LogP contribution >= 0.6 is 0 Å². The summed E-state index contributed by atoms with van der Waals surface area (Å²) in [5, 5.41) is 10.8. The maximum absolute atomic E-state index is 13.6. The van der Waals surface area contributed by atoms with Gasteiger partial charge in [0.25, 0.3) is 0 Å². The molecule has 0 saturated heterocycles. The Kier molecular flexibility index (Phi) is 3.69. The summed E-state index contributed by atoms with van der Waals surface area (Å²) >= 11 is 0. The molecule has 0 spiro atoms. The number of para-hydroxylation sites is 1. The maximum atomic E-state index is 13.6. The van der Waals surface area contributed by atoms with Gasteiger partial charge >= 0.3 is 5.69 Å². The number of nitro groups is 1. The van der Waals surface area contributed by atoms with Gasteiger partial charge in [0.05, 0.1) is 10.5 Å². The molecule has 0 saturated carbocycles. The number of ether oxygens (including phenoxy) is 1. The molecule has 2 aromatic rings. The number of hydrogen-bond acceptors (Lipinski definition) is 4. The van der Waals surface area contributed by atoms with E-state index in [0.29, 0.717) is 6.29 Å². The Morgan fingerprint density at radius 1 is 1.20 bits per heavy atom. The summed E-state index contributed by atoms with van der Waals surface area (Å²) in [7, 11) is 0. The predicted molar refractivity (Wildman–Crippen MR) is 64.9 cm³/mol. The standard InChI is InChI=1S/C13H7F2NO4/c14-9-4-5-12(8(6-9)7-17)20-13-10(15)2-1-3-11(13)16(18)19/h1-7H. The fraction of sp³-hybridized carbons (Fsp3) is 0. The summed E-state index contributed by atoms with van der Waals surface area (Å²) in [6.07, 6.45) is 0.311. The van der Waals surface area contributed by atoms with Crippen molar-refractivity contribution in [3.63, 3.8) is 0 Å². The molecule has 2 aromatic carbocycles. The van der Waals surface area contributed by atoms with Crippen molar-refractivity contribution in [1.82, 2.24) is 0 Å². The molecule has 0 atom stereocenters. The fourth-order valence-corrected chi connectivity index (χ4v) is 1.56. The van der Waals surface area contributed by atoms with Gasteiger partial charge in [-0.25, -0.2) is 8.78 Å². The number of carbonyl (C=O) groups is 1. The monoisotopic (exact) mass is 279 g/mol. The van der Waals surface area contributed by atoms with Crippen molar-refractivity contribution in [2.75, 3.05) is 0 Å². The van der Waals surface area contributed by atoms with Crippen molar-refractivity contribution in [3.8, 4) is 11.5 Å². The number of nitrogens with zero attached hydrogens (tertiary/aromatic N) is 1. The Bertz CT molecular complexity index is 688. The molecule has 0 aliphatic heterocycles. The normalized spacial score (nSPS) is 10.1. The van der Waals surface area contributed by atoms with Gasteiger partial charge in [0.2, 0.25) is 5.75 Å². The van der Waals surface area contributed by atoms with Crippen LogP contribution in [0.1, 0.15) is 10.4 Å². The van der Waals surface area contributed by atoms with E-state index in [9.17, 15) is 23.7 Å². The third-order valence-electron chi connectivity index (χ3n) is 2.45. The van der Waals surface area contributed by atoms with Gasteiger partial charge in [-0.05, 0) is 24.3 Å². The number of benzene rings is 2. The Labute approximate surface area is 111 Å². The minimum Gasteiger partial charge on any atom is -0.446 e. The maximum Gasteiger partial charge on any atom is 0.314 e. The summed E-state index contributed by atoms with van der Waals surface area (Å²) in [6, 6.07) is 6.17. The van der Waals surface area contributed by atoms with Gasteiger partial charge in [0.15, 0.2) is 12.1 Å². The van der Waals surface area contributed by atoms with Crippen LogP contribution in [0.25, 0.3) is 0 Å². The van der Waals surface area contributed by atoms with E-state index >= 15 is 0 Å². The molecule has 0 unspecified atom stereocenters. The molecule has 2 rings (SSSR count). The largest absolute Gasteiger partial charge is 0.446 e. The van der Waals surface area contributed by atoms with E-state index in [-0.39, 0.29) is 11.3 Å². The molecule has 0 aliphatic carbocycles. The summed E-state index contributed by atoms with van der Waals surface area (Å²) in [6.45, 7) is 0. The number of nitro benzene ring substituents is 1. The van der Waals surface area contributed by atoms with Crippen molar-refractivity contribution in [2.24, 2.45) is 0 Å². The molecule has 0 aromatic heterocycles. The lowest BCUT2D eigenvalue weighted by Crippen LogP contribution is -1.98. The van der Waals surface area contributed by atoms with E-state index in [0.717, 1.165) is 36.4 Å². The second-order valence-electron chi connectivity index (χ2n) is 3.75. The van der Waals surface area contributed by atoms with Crippen LogP contribution in [0.3, 0.4) is 0 Å². The lowest BCUT2D eigenvalue weighted by Gasteiger charge is -2.09. The molecule has 20 heavy (non-hydrogen) atoms. The number of aldehydes is 1. The third kappa shape index (κ3) is 2.61. The van der Waals surface area contributed by atoms with E-state index in [2.05, 4.69) is 0 Å². The Morgan fingerprint density at radius 2 is 1.95 bits per heavy atom. The molecule has 102 valence electrons. The zero-order valence-electron chi connectivity index (χ0n) is 9.88. The lowest BCUT2D eigenvalue weighted by molar-refractivity contribution is -0.385. The molecule has 0 fully saturated rings. The topological polar surface area (TPSA) is 69.4 Å². The van der Waals surface area contributed by atoms with E-state index in [1.165, 1.54) is 0 Å². The molecular formula is C13H7F2NO4. The van der Waals surface area contributed by atoms with E-state index in [4.69, 9.17) is 4.74 Å². The fourth-order valence-electron chi connectivity index (χ4n) is 1.56. The van der Waals surface area contributed by atoms with E-state index in [1.807, 2.05) is 0 Å². The van der Waals surface area contributed by atoms with E-state index < -0.39 is 28.0 Å². The first-order valence-electron chi connectivity index (χ1n) is 5.38. The minimum atomic E-state index is -0.958. The first kappa shape index (κ1) is 13.6. The van der Waals surface area contributed by atoms with Crippen molar-refractivity contribution in [2.45, 2.75) is 0 Å². The Morgan fingerprint density at radius 3 is 2.60 bits per heavy atom. The highest BCUT2D eigenvalue weighted by molar-refractivity contribution is 5.79. The molecule has 0 radical (unpaired) electrons. The third-order valence-corrected chi connectivity index (χ3v) is 2.45. The number of carbonyl (C=O) groups excluding carboxylic acids is 1. The SMILES string of the molecule is O=Cc1cc(F)ccc1Oc1c(F)cccc1[N+](=O)[O-]. The highest BCUT2D eigenvalue weighted by Crippen LogP contribution is 2.34. The van der Waals surface area contributed by atoms with Crippen molar-refractivity contribution in [1.29, 1.82) is 0 Å². The second kappa shape index (κ2) is 5.43. The molecule has 0 bridgehead atoms. The summed E-state index contributed by atoms with van der Waals surface area (Å²) in [5.41, 5.74) is -0.770. The van der Waals surface area contributed by atoms with Crippen LogP contribution in [0, 0.1) is 21.7 Å². The summed E-state index contributed by atoms with van der Waals surface area (Å²) in [4.78, 5) is 20.8. The summed E-state index contributed by atoms with van der Waals surface area (Å²) < 4.78 is 31.6. The van der Waals surface area contributed by atoms with Gasteiger partial charge in [0, 0.05) is 6.07 Å². The molecular weight excluding hydrogens is 272 g/mol. The quantitative estimate of drug-likeness (QED) is 0.488. The Hall–Kier alpha value is -2.83. The predicted octanol–water partition coefficient (Wildman–Crippen LogP) is 3.48. The minimum absolute atomic E-state index is 0.172. The second-order valence-corrected chi connectivity index (χ2v) is 3.75. The number of rotatable bonds is 4. The highest BCUT2D eigenvalue weighted by Gasteiger charge is 2.21. The number of halogens is 2. The van der Waals surface area contributed by atoms with Gasteiger partial charge in [-0.2, -0.15) is 0 Å². The van der Waals surface area contributed by atoms with Crippen molar-refractivity contribution >= 4 is 12.0 Å². The van der Waals surface area contributed by atoms with Gasteiger partial charge in [-0.15, -0.1) is 0 Å². The van der Waals surface area contributed by atoms with Gasteiger partial charge in [-0.1, -0.05) is 6.07 Å². The average molecular weight is 279 g/mol. The van der Waals surface area contributed by atoms with Crippen LogP contribution in [0.5, 0.6) is 11.5 Å². The molecule has 7 heteroatoms. The lowest BCUT2D eigenvalue weighted by atomic mass is 10.2. The van der Waals surface area contributed by atoms with Crippen LogP contribution in [0.4, 0.5) is 14.5 Å². The van der Waals surface area contributed by atoms with Crippen LogP contribution < -0.4 is 4.74 Å².